The molecule has 0 radical (unpaired) electrons. The molecule has 19 heavy (non-hydrogen) atoms. The topological polar surface area (TPSA) is 23.5 Å². The van der Waals surface area contributed by atoms with Crippen molar-refractivity contribution in [3.05, 3.63) is 63.1 Å². The minimum Gasteiger partial charge on any atom is -0.392 e. The van der Waals surface area contributed by atoms with Gasteiger partial charge in [0.1, 0.15) is 0 Å². The van der Waals surface area contributed by atoms with Crippen molar-refractivity contribution in [2.75, 3.05) is 11.9 Å². The van der Waals surface area contributed by atoms with Gasteiger partial charge in [0.2, 0.25) is 0 Å². The zero-order chi connectivity index (χ0) is 13.8. The standard InChI is InChI=1S/C15H15BrClNO/c1-18(9-11-4-2-3-5-14(11)17)15-8-13(16)7-6-12(15)10-19/h2-8,19H,9-10H2,1H3. The smallest absolute Gasteiger partial charge is 0.0702 e. The second-order valence-electron chi connectivity index (χ2n) is 4.38. The monoisotopic (exact) mass is 339 g/mol. The molecule has 0 unspecified atom stereocenters. The van der Waals surface area contributed by atoms with Gasteiger partial charge in [-0.15, -0.1) is 0 Å². The van der Waals surface area contributed by atoms with Gasteiger partial charge in [-0.2, -0.15) is 0 Å². The molecule has 2 aromatic carbocycles. The SMILES string of the molecule is CN(Cc1ccccc1Cl)c1cc(Br)ccc1CO. The highest BCUT2D eigenvalue weighted by molar-refractivity contribution is 9.10. The fourth-order valence-electron chi connectivity index (χ4n) is 1.99. The third-order valence-electron chi connectivity index (χ3n) is 2.99. The molecule has 0 aliphatic carbocycles. The molecule has 2 aromatic rings. The fourth-order valence-corrected chi connectivity index (χ4v) is 2.54. The van der Waals surface area contributed by atoms with E-state index in [1.807, 2.05) is 49.5 Å². The second-order valence-corrected chi connectivity index (χ2v) is 5.70. The van der Waals surface area contributed by atoms with E-state index in [2.05, 4.69) is 20.8 Å². The Morgan fingerprint density at radius 2 is 1.89 bits per heavy atom. The number of anilines is 1. The van der Waals surface area contributed by atoms with Crippen molar-refractivity contribution in [3.8, 4) is 0 Å². The predicted octanol–water partition coefficient (Wildman–Crippen LogP) is 4.23. The van der Waals surface area contributed by atoms with Gasteiger partial charge in [-0.1, -0.05) is 51.8 Å². The number of aliphatic hydroxyl groups excluding tert-OH is 1. The Bertz CT molecular complexity index is 574. The number of aliphatic hydroxyl groups is 1. The first kappa shape index (κ1) is 14.4. The molecular weight excluding hydrogens is 326 g/mol. The van der Waals surface area contributed by atoms with Gasteiger partial charge in [0.25, 0.3) is 0 Å². The summed E-state index contributed by atoms with van der Waals surface area (Å²) >= 11 is 9.63. The third kappa shape index (κ3) is 3.50. The van der Waals surface area contributed by atoms with Gasteiger partial charge in [-0.25, -0.2) is 0 Å². The molecule has 0 saturated carbocycles. The lowest BCUT2D eigenvalue weighted by Gasteiger charge is -2.23. The van der Waals surface area contributed by atoms with Crippen molar-refractivity contribution in [1.29, 1.82) is 0 Å². The van der Waals surface area contributed by atoms with Crippen LogP contribution in [0.3, 0.4) is 0 Å². The minimum absolute atomic E-state index is 0.0233. The van der Waals surface area contributed by atoms with Crippen LogP contribution in [0.2, 0.25) is 5.02 Å². The number of nitrogens with zero attached hydrogens (tertiary/aromatic N) is 1. The molecule has 100 valence electrons. The molecule has 0 atom stereocenters. The quantitative estimate of drug-likeness (QED) is 0.900. The number of rotatable bonds is 4. The maximum atomic E-state index is 9.41. The summed E-state index contributed by atoms with van der Waals surface area (Å²) in [5.74, 6) is 0. The molecular formula is C15H15BrClNO. The van der Waals surface area contributed by atoms with Crippen LogP contribution in [0.4, 0.5) is 5.69 Å². The van der Waals surface area contributed by atoms with E-state index in [1.165, 1.54) is 0 Å². The van der Waals surface area contributed by atoms with Crippen molar-refractivity contribution < 1.29 is 5.11 Å². The fraction of sp³-hybridized carbons (Fsp3) is 0.200. The highest BCUT2D eigenvalue weighted by atomic mass is 79.9. The Morgan fingerprint density at radius 3 is 2.58 bits per heavy atom. The van der Waals surface area contributed by atoms with Gasteiger partial charge in [-0.3, -0.25) is 0 Å². The number of benzene rings is 2. The first-order valence-corrected chi connectivity index (χ1v) is 7.12. The molecule has 0 aliphatic rings. The summed E-state index contributed by atoms with van der Waals surface area (Å²) < 4.78 is 0.991. The summed E-state index contributed by atoms with van der Waals surface area (Å²) in [4.78, 5) is 2.08. The third-order valence-corrected chi connectivity index (χ3v) is 3.86. The van der Waals surface area contributed by atoms with Gasteiger partial charge in [-0.05, 0) is 23.8 Å². The predicted molar refractivity (Wildman–Crippen MR) is 83.6 cm³/mol. The zero-order valence-corrected chi connectivity index (χ0v) is 12.9. The molecule has 0 spiro atoms. The Kier molecular flexibility index (Phi) is 4.86. The molecule has 2 rings (SSSR count). The van der Waals surface area contributed by atoms with Crippen molar-refractivity contribution in [2.24, 2.45) is 0 Å². The lowest BCUT2D eigenvalue weighted by molar-refractivity contribution is 0.282. The van der Waals surface area contributed by atoms with Crippen LogP contribution in [0.5, 0.6) is 0 Å². The first-order valence-electron chi connectivity index (χ1n) is 5.95. The Hall–Kier alpha value is -1.03. The van der Waals surface area contributed by atoms with E-state index in [4.69, 9.17) is 11.6 Å². The number of hydrogen-bond acceptors (Lipinski definition) is 2. The first-order chi connectivity index (χ1) is 9.11. The molecule has 0 saturated heterocycles. The summed E-state index contributed by atoms with van der Waals surface area (Å²) in [7, 11) is 1.99. The van der Waals surface area contributed by atoms with Crippen molar-refractivity contribution >= 4 is 33.2 Å². The average molecular weight is 341 g/mol. The Labute approximate surface area is 126 Å². The maximum Gasteiger partial charge on any atom is 0.0702 e. The van der Waals surface area contributed by atoms with Crippen LogP contribution in [0.1, 0.15) is 11.1 Å². The highest BCUT2D eigenvalue weighted by Crippen LogP contribution is 2.27. The summed E-state index contributed by atoms with van der Waals surface area (Å²) in [6, 6.07) is 13.6. The lowest BCUT2D eigenvalue weighted by Crippen LogP contribution is -2.18. The molecule has 4 heteroatoms. The van der Waals surface area contributed by atoms with Gasteiger partial charge in [0.05, 0.1) is 6.61 Å². The Morgan fingerprint density at radius 1 is 1.16 bits per heavy atom. The van der Waals surface area contributed by atoms with Gasteiger partial charge >= 0.3 is 0 Å². The maximum absolute atomic E-state index is 9.41. The molecule has 0 bridgehead atoms. The minimum atomic E-state index is 0.0233. The number of hydrogen-bond donors (Lipinski definition) is 1. The second kappa shape index (κ2) is 6.42. The van der Waals surface area contributed by atoms with Gasteiger partial charge < -0.3 is 10.0 Å². The summed E-state index contributed by atoms with van der Waals surface area (Å²) in [6.45, 7) is 0.721. The molecule has 0 fully saturated rings. The van der Waals surface area contributed by atoms with Crippen molar-refractivity contribution in [2.45, 2.75) is 13.2 Å². The van der Waals surface area contributed by atoms with Crippen LogP contribution in [0.15, 0.2) is 46.9 Å². The molecule has 0 heterocycles. The molecule has 2 nitrogen and oxygen atoms in total. The number of halogens is 2. The van der Waals surface area contributed by atoms with E-state index in [1.54, 1.807) is 0 Å². The average Bonchev–Trinajstić information content (AvgIpc) is 2.41. The van der Waals surface area contributed by atoms with Crippen molar-refractivity contribution in [1.82, 2.24) is 0 Å². The molecule has 0 aromatic heterocycles. The van der Waals surface area contributed by atoms with Crippen LogP contribution >= 0.6 is 27.5 Å². The van der Waals surface area contributed by atoms with Crippen LogP contribution in [0.25, 0.3) is 0 Å². The summed E-state index contributed by atoms with van der Waals surface area (Å²) in [5, 5.41) is 10.2. The van der Waals surface area contributed by atoms with E-state index in [0.717, 1.165) is 26.3 Å². The molecule has 1 N–H and O–H groups in total. The van der Waals surface area contributed by atoms with Crippen LogP contribution in [-0.4, -0.2) is 12.2 Å². The lowest BCUT2D eigenvalue weighted by atomic mass is 10.1. The van der Waals surface area contributed by atoms with E-state index >= 15 is 0 Å². The van der Waals surface area contributed by atoms with Gasteiger partial charge in [0.15, 0.2) is 0 Å². The van der Waals surface area contributed by atoms with Crippen LogP contribution in [0, 0.1) is 0 Å². The van der Waals surface area contributed by atoms with E-state index < -0.39 is 0 Å². The van der Waals surface area contributed by atoms with E-state index in [-0.39, 0.29) is 6.61 Å². The highest BCUT2D eigenvalue weighted by Gasteiger charge is 2.09. The van der Waals surface area contributed by atoms with Crippen LogP contribution in [-0.2, 0) is 13.2 Å². The van der Waals surface area contributed by atoms with Crippen molar-refractivity contribution in [3.63, 3.8) is 0 Å². The van der Waals surface area contributed by atoms with E-state index in [0.29, 0.717) is 6.54 Å². The van der Waals surface area contributed by atoms with Gasteiger partial charge in [0, 0.05) is 34.3 Å². The zero-order valence-electron chi connectivity index (χ0n) is 10.6. The Balaban J connectivity index is 2.27. The molecule has 0 aliphatic heterocycles. The largest absolute Gasteiger partial charge is 0.392 e. The van der Waals surface area contributed by atoms with Crippen LogP contribution < -0.4 is 4.90 Å². The summed E-state index contributed by atoms with van der Waals surface area (Å²) in [6.07, 6.45) is 0. The summed E-state index contributed by atoms with van der Waals surface area (Å²) in [5.41, 5.74) is 2.96. The molecule has 0 amide bonds. The van der Waals surface area contributed by atoms with E-state index in [9.17, 15) is 5.11 Å². The normalized spacial score (nSPS) is 10.5.